The Labute approximate surface area is 131 Å². The zero-order valence-electron chi connectivity index (χ0n) is 13.4. The topological polar surface area (TPSA) is 33.2 Å². The van der Waals surface area contributed by atoms with Gasteiger partial charge in [0.1, 0.15) is 0 Å². The third-order valence-corrected chi connectivity index (χ3v) is 5.99. The van der Waals surface area contributed by atoms with Gasteiger partial charge in [-0.1, -0.05) is 44.9 Å². The summed E-state index contributed by atoms with van der Waals surface area (Å²) in [4.78, 5) is 20.7. The van der Waals surface area contributed by atoms with E-state index < -0.39 is 0 Å². The van der Waals surface area contributed by atoms with Gasteiger partial charge in [0, 0.05) is 19.0 Å². The molecule has 1 atom stereocenters. The SMILES string of the molecule is CCC1CCCCCN1c1nc2c(s1)C(=O)CC(C)(C)C2. The molecule has 0 aromatic carbocycles. The Bertz CT molecular complexity index is 535. The average Bonchev–Trinajstić information content (AvgIpc) is 2.68. The van der Waals surface area contributed by atoms with Crippen LogP contribution in [0, 0.1) is 5.41 Å². The van der Waals surface area contributed by atoms with E-state index in [1.165, 1.54) is 32.1 Å². The van der Waals surface area contributed by atoms with Gasteiger partial charge in [-0.2, -0.15) is 0 Å². The minimum Gasteiger partial charge on any atom is -0.345 e. The van der Waals surface area contributed by atoms with Gasteiger partial charge < -0.3 is 4.90 Å². The van der Waals surface area contributed by atoms with Crippen molar-refractivity contribution >= 4 is 22.3 Å². The molecular weight excluding hydrogens is 280 g/mol. The van der Waals surface area contributed by atoms with Crippen LogP contribution in [0.5, 0.6) is 0 Å². The van der Waals surface area contributed by atoms with E-state index in [-0.39, 0.29) is 5.41 Å². The highest BCUT2D eigenvalue weighted by Gasteiger charge is 2.35. The molecule has 1 saturated heterocycles. The predicted octanol–water partition coefficient (Wildman–Crippen LogP) is 4.46. The molecule has 0 N–H and O–H groups in total. The lowest BCUT2D eigenvalue weighted by Crippen LogP contribution is -2.34. The maximum absolute atomic E-state index is 12.4. The van der Waals surface area contributed by atoms with E-state index in [2.05, 4.69) is 25.7 Å². The molecule has 116 valence electrons. The minimum absolute atomic E-state index is 0.0678. The first-order valence-corrected chi connectivity index (χ1v) is 9.11. The summed E-state index contributed by atoms with van der Waals surface area (Å²) in [6.07, 6.45) is 7.94. The fourth-order valence-corrected chi connectivity index (χ4v) is 4.80. The number of carbonyl (C=O) groups is 1. The summed E-state index contributed by atoms with van der Waals surface area (Å²) >= 11 is 1.64. The van der Waals surface area contributed by atoms with Crippen LogP contribution >= 0.6 is 11.3 Å². The molecule has 0 bridgehead atoms. The van der Waals surface area contributed by atoms with Crippen LogP contribution in [0.4, 0.5) is 5.13 Å². The van der Waals surface area contributed by atoms with Crippen molar-refractivity contribution in [2.24, 2.45) is 5.41 Å². The Hall–Kier alpha value is -0.900. The molecule has 0 radical (unpaired) electrons. The fourth-order valence-electron chi connectivity index (χ4n) is 3.68. The van der Waals surface area contributed by atoms with Crippen molar-refractivity contribution in [1.29, 1.82) is 0 Å². The number of fused-ring (bicyclic) bond motifs is 1. The average molecular weight is 306 g/mol. The molecule has 1 aliphatic carbocycles. The highest BCUT2D eigenvalue weighted by molar-refractivity contribution is 7.17. The van der Waals surface area contributed by atoms with E-state index in [1.54, 1.807) is 11.3 Å². The number of Topliss-reactive ketones (excluding diaryl/α,β-unsaturated/α-hetero) is 1. The maximum Gasteiger partial charge on any atom is 0.186 e. The van der Waals surface area contributed by atoms with Crippen molar-refractivity contribution < 1.29 is 4.79 Å². The van der Waals surface area contributed by atoms with Gasteiger partial charge in [0.15, 0.2) is 10.9 Å². The van der Waals surface area contributed by atoms with Crippen molar-refractivity contribution in [2.45, 2.75) is 71.8 Å². The summed E-state index contributed by atoms with van der Waals surface area (Å²) in [6, 6.07) is 0.600. The second-order valence-electron chi connectivity index (χ2n) is 7.32. The highest BCUT2D eigenvalue weighted by atomic mass is 32.1. The second kappa shape index (κ2) is 5.71. The van der Waals surface area contributed by atoms with E-state index >= 15 is 0 Å². The lowest BCUT2D eigenvalue weighted by atomic mass is 9.78. The Balaban J connectivity index is 1.91. The largest absolute Gasteiger partial charge is 0.345 e. The summed E-state index contributed by atoms with van der Waals surface area (Å²) in [7, 11) is 0. The number of aromatic nitrogens is 1. The summed E-state index contributed by atoms with van der Waals surface area (Å²) in [5.74, 6) is 0.299. The van der Waals surface area contributed by atoms with Gasteiger partial charge in [-0.25, -0.2) is 4.98 Å². The van der Waals surface area contributed by atoms with Crippen molar-refractivity contribution in [3.8, 4) is 0 Å². The van der Waals surface area contributed by atoms with Gasteiger partial charge in [0.25, 0.3) is 0 Å². The number of hydrogen-bond acceptors (Lipinski definition) is 4. The molecule has 2 heterocycles. The number of nitrogens with zero attached hydrogens (tertiary/aromatic N) is 2. The fraction of sp³-hybridized carbons (Fsp3) is 0.765. The number of anilines is 1. The molecule has 2 aliphatic rings. The lowest BCUT2D eigenvalue weighted by Gasteiger charge is -2.28. The highest BCUT2D eigenvalue weighted by Crippen LogP contribution is 2.40. The molecule has 0 amide bonds. The van der Waals surface area contributed by atoms with E-state index in [0.29, 0.717) is 18.2 Å². The van der Waals surface area contributed by atoms with Crippen molar-refractivity contribution in [2.75, 3.05) is 11.4 Å². The lowest BCUT2D eigenvalue weighted by molar-refractivity contribution is 0.0916. The maximum atomic E-state index is 12.4. The molecule has 1 aromatic rings. The smallest absolute Gasteiger partial charge is 0.186 e. The molecule has 3 nitrogen and oxygen atoms in total. The minimum atomic E-state index is 0.0678. The zero-order chi connectivity index (χ0) is 15.0. The quantitative estimate of drug-likeness (QED) is 0.809. The summed E-state index contributed by atoms with van der Waals surface area (Å²) in [5, 5.41) is 1.10. The molecule has 1 aliphatic heterocycles. The summed E-state index contributed by atoms with van der Waals surface area (Å²) in [5.41, 5.74) is 1.12. The molecule has 0 saturated carbocycles. The van der Waals surface area contributed by atoms with Gasteiger partial charge in [-0.05, 0) is 31.1 Å². The molecule has 1 aromatic heterocycles. The first kappa shape index (κ1) is 15.0. The van der Waals surface area contributed by atoms with Gasteiger partial charge in [0.05, 0.1) is 10.6 Å². The standard InChI is InChI=1S/C17H26N2OS/c1-4-12-8-6-5-7-9-19(12)16-18-13-10-17(2,3)11-14(20)15(13)21-16/h12H,4-11H2,1-3H3. The van der Waals surface area contributed by atoms with Crippen molar-refractivity contribution in [3.05, 3.63) is 10.6 Å². The van der Waals surface area contributed by atoms with Crippen LogP contribution < -0.4 is 4.90 Å². The number of rotatable bonds is 2. The Morgan fingerprint density at radius 1 is 1.29 bits per heavy atom. The van der Waals surface area contributed by atoms with E-state index in [1.807, 2.05) is 0 Å². The molecule has 0 spiro atoms. The third kappa shape index (κ3) is 3.01. The van der Waals surface area contributed by atoms with Crippen LogP contribution in [-0.2, 0) is 6.42 Å². The second-order valence-corrected chi connectivity index (χ2v) is 8.30. The van der Waals surface area contributed by atoms with Crippen LogP contribution in [0.2, 0.25) is 0 Å². The molecule has 4 heteroatoms. The number of hydrogen-bond donors (Lipinski definition) is 0. The van der Waals surface area contributed by atoms with Crippen LogP contribution in [0.15, 0.2) is 0 Å². The van der Waals surface area contributed by atoms with Gasteiger partial charge in [-0.3, -0.25) is 4.79 Å². The Kier molecular flexibility index (Phi) is 4.08. The molecule has 1 unspecified atom stereocenters. The monoisotopic (exact) mass is 306 g/mol. The van der Waals surface area contributed by atoms with Crippen molar-refractivity contribution in [3.63, 3.8) is 0 Å². The normalized spacial score (nSPS) is 25.6. The van der Waals surface area contributed by atoms with Crippen LogP contribution in [0.1, 0.15) is 74.7 Å². The number of thiazole rings is 1. The molecule has 3 rings (SSSR count). The Morgan fingerprint density at radius 3 is 2.86 bits per heavy atom. The molecule has 21 heavy (non-hydrogen) atoms. The molecule has 1 fully saturated rings. The van der Waals surface area contributed by atoms with Gasteiger partial charge in [0.2, 0.25) is 0 Å². The number of ketones is 1. The number of carbonyl (C=O) groups excluding carboxylic acids is 1. The van der Waals surface area contributed by atoms with Gasteiger partial charge in [-0.15, -0.1) is 0 Å². The predicted molar refractivity (Wildman–Crippen MR) is 88.4 cm³/mol. The zero-order valence-corrected chi connectivity index (χ0v) is 14.3. The molecular formula is C17H26N2OS. The summed E-state index contributed by atoms with van der Waals surface area (Å²) in [6.45, 7) is 7.72. The van der Waals surface area contributed by atoms with Crippen molar-refractivity contribution in [1.82, 2.24) is 4.98 Å². The first-order chi connectivity index (χ1) is 10.00. The van der Waals surface area contributed by atoms with E-state index in [9.17, 15) is 4.79 Å². The van der Waals surface area contributed by atoms with Crippen LogP contribution in [-0.4, -0.2) is 23.4 Å². The van der Waals surface area contributed by atoms with Gasteiger partial charge >= 0.3 is 0 Å². The van der Waals surface area contributed by atoms with Crippen LogP contribution in [0.25, 0.3) is 0 Å². The summed E-state index contributed by atoms with van der Waals surface area (Å²) < 4.78 is 0. The first-order valence-electron chi connectivity index (χ1n) is 8.30. The van der Waals surface area contributed by atoms with Crippen LogP contribution in [0.3, 0.4) is 0 Å². The van der Waals surface area contributed by atoms with E-state index in [0.717, 1.165) is 28.7 Å². The van der Waals surface area contributed by atoms with E-state index in [4.69, 9.17) is 4.98 Å². The third-order valence-electron chi connectivity index (χ3n) is 4.82. The Morgan fingerprint density at radius 2 is 2.10 bits per heavy atom.